The molecule has 2 aliphatic carbocycles. The van der Waals surface area contributed by atoms with E-state index in [1.54, 1.807) is 0 Å². The Balaban J connectivity index is 1.84. The number of rotatable bonds is 3. The van der Waals surface area contributed by atoms with Crippen LogP contribution in [0.1, 0.15) is 49.3 Å². The molecule has 0 spiro atoms. The van der Waals surface area contributed by atoms with Crippen molar-refractivity contribution in [2.24, 2.45) is 0 Å². The molecule has 18 heavy (non-hydrogen) atoms. The van der Waals surface area contributed by atoms with Crippen molar-refractivity contribution in [3.05, 3.63) is 23.4 Å². The van der Waals surface area contributed by atoms with Crippen LogP contribution in [0.3, 0.4) is 0 Å². The van der Waals surface area contributed by atoms with E-state index in [0.29, 0.717) is 17.3 Å². The number of aliphatic hydroxyl groups is 1. The third-order valence-electron chi connectivity index (χ3n) is 3.83. The van der Waals surface area contributed by atoms with Gasteiger partial charge in [0.05, 0.1) is 17.7 Å². The lowest BCUT2D eigenvalue weighted by Gasteiger charge is -2.18. The SMILES string of the molecule is N#Cc1ccc(C2CC2)nc1N[C@H]1CCCC1O. The van der Waals surface area contributed by atoms with Gasteiger partial charge in [-0.2, -0.15) is 5.26 Å². The van der Waals surface area contributed by atoms with Crippen molar-refractivity contribution in [2.45, 2.75) is 50.2 Å². The molecule has 4 nitrogen and oxygen atoms in total. The minimum atomic E-state index is -0.317. The second kappa shape index (κ2) is 4.58. The Labute approximate surface area is 107 Å². The van der Waals surface area contributed by atoms with Crippen molar-refractivity contribution in [3.8, 4) is 6.07 Å². The van der Waals surface area contributed by atoms with Gasteiger partial charge in [0.2, 0.25) is 0 Å². The predicted molar refractivity (Wildman–Crippen MR) is 68.2 cm³/mol. The highest BCUT2D eigenvalue weighted by Gasteiger charge is 2.28. The fourth-order valence-electron chi connectivity index (χ4n) is 2.57. The summed E-state index contributed by atoms with van der Waals surface area (Å²) in [7, 11) is 0. The van der Waals surface area contributed by atoms with Crippen molar-refractivity contribution in [1.82, 2.24) is 4.98 Å². The second-order valence-electron chi connectivity index (χ2n) is 5.27. The van der Waals surface area contributed by atoms with E-state index in [1.165, 1.54) is 12.8 Å². The lowest BCUT2D eigenvalue weighted by Crippen LogP contribution is -2.28. The maximum atomic E-state index is 9.83. The number of anilines is 1. The van der Waals surface area contributed by atoms with Crippen molar-refractivity contribution < 1.29 is 5.11 Å². The maximum absolute atomic E-state index is 9.83. The number of nitrogens with zero attached hydrogens (tertiary/aromatic N) is 2. The van der Waals surface area contributed by atoms with Crippen LogP contribution in [0.4, 0.5) is 5.82 Å². The Kier molecular flexibility index (Phi) is 2.92. The summed E-state index contributed by atoms with van der Waals surface area (Å²) in [4.78, 5) is 4.56. The summed E-state index contributed by atoms with van der Waals surface area (Å²) in [6.07, 6.45) is 4.89. The van der Waals surface area contributed by atoms with E-state index in [4.69, 9.17) is 5.26 Å². The first-order valence-electron chi connectivity index (χ1n) is 6.63. The first kappa shape index (κ1) is 11.5. The smallest absolute Gasteiger partial charge is 0.144 e. The number of hydrogen-bond acceptors (Lipinski definition) is 4. The summed E-state index contributed by atoms with van der Waals surface area (Å²) in [5.41, 5.74) is 1.64. The molecule has 94 valence electrons. The second-order valence-corrected chi connectivity index (χ2v) is 5.27. The molecule has 3 rings (SSSR count). The molecule has 1 heterocycles. The van der Waals surface area contributed by atoms with Crippen LogP contribution in [0.15, 0.2) is 12.1 Å². The van der Waals surface area contributed by atoms with Crippen LogP contribution in [-0.2, 0) is 0 Å². The zero-order valence-corrected chi connectivity index (χ0v) is 10.3. The average molecular weight is 243 g/mol. The molecule has 2 N–H and O–H groups in total. The first-order valence-corrected chi connectivity index (χ1v) is 6.63. The summed E-state index contributed by atoms with van der Waals surface area (Å²) in [6.45, 7) is 0. The molecule has 0 radical (unpaired) electrons. The van der Waals surface area contributed by atoms with Crippen molar-refractivity contribution in [1.29, 1.82) is 5.26 Å². The van der Waals surface area contributed by atoms with Gasteiger partial charge in [-0.05, 0) is 44.2 Å². The van der Waals surface area contributed by atoms with Gasteiger partial charge in [0, 0.05) is 11.6 Å². The summed E-state index contributed by atoms with van der Waals surface area (Å²) in [5, 5.41) is 22.2. The molecule has 0 aliphatic heterocycles. The zero-order chi connectivity index (χ0) is 12.5. The number of nitriles is 1. The highest BCUT2D eigenvalue weighted by molar-refractivity contribution is 5.53. The number of pyridine rings is 1. The normalized spacial score (nSPS) is 26.9. The number of aliphatic hydroxyl groups excluding tert-OH is 1. The maximum Gasteiger partial charge on any atom is 0.144 e. The van der Waals surface area contributed by atoms with E-state index in [-0.39, 0.29) is 12.1 Å². The molecule has 2 aliphatic rings. The number of hydrogen-bond donors (Lipinski definition) is 2. The Bertz CT molecular complexity index is 490. The minimum Gasteiger partial charge on any atom is -0.391 e. The topological polar surface area (TPSA) is 68.9 Å². The summed E-state index contributed by atoms with van der Waals surface area (Å²) in [5.74, 6) is 1.22. The van der Waals surface area contributed by atoms with Gasteiger partial charge in [0.1, 0.15) is 11.9 Å². The molecular weight excluding hydrogens is 226 g/mol. The van der Waals surface area contributed by atoms with E-state index in [2.05, 4.69) is 16.4 Å². The third kappa shape index (κ3) is 2.19. The molecule has 1 aromatic heterocycles. The van der Waals surface area contributed by atoms with Crippen LogP contribution in [0.25, 0.3) is 0 Å². The molecule has 2 saturated carbocycles. The molecule has 2 fully saturated rings. The Morgan fingerprint density at radius 1 is 1.28 bits per heavy atom. The van der Waals surface area contributed by atoms with Crippen molar-refractivity contribution in [3.63, 3.8) is 0 Å². The van der Waals surface area contributed by atoms with Gasteiger partial charge in [0.25, 0.3) is 0 Å². The van der Waals surface area contributed by atoms with Gasteiger partial charge < -0.3 is 10.4 Å². The van der Waals surface area contributed by atoms with Crippen LogP contribution in [0.2, 0.25) is 0 Å². The molecular formula is C14H17N3O. The highest BCUT2D eigenvalue weighted by Crippen LogP contribution is 2.39. The summed E-state index contributed by atoms with van der Waals surface area (Å²) in [6, 6.07) is 5.99. The molecule has 2 atom stereocenters. The summed E-state index contributed by atoms with van der Waals surface area (Å²) >= 11 is 0. The molecule has 0 bridgehead atoms. The number of aromatic nitrogens is 1. The average Bonchev–Trinajstić information content (AvgIpc) is 3.15. The van der Waals surface area contributed by atoms with E-state index in [1.807, 2.05) is 12.1 Å². The van der Waals surface area contributed by atoms with Gasteiger partial charge in [0.15, 0.2) is 0 Å². The van der Waals surface area contributed by atoms with Gasteiger partial charge in [-0.1, -0.05) is 0 Å². The van der Waals surface area contributed by atoms with Crippen LogP contribution >= 0.6 is 0 Å². The van der Waals surface area contributed by atoms with Crippen molar-refractivity contribution >= 4 is 5.82 Å². The molecule has 0 aromatic carbocycles. The van der Waals surface area contributed by atoms with Crippen LogP contribution < -0.4 is 5.32 Å². The Morgan fingerprint density at radius 2 is 2.11 bits per heavy atom. The Morgan fingerprint density at radius 3 is 2.72 bits per heavy atom. The first-order chi connectivity index (χ1) is 8.78. The fourth-order valence-corrected chi connectivity index (χ4v) is 2.57. The van der Waals surface area contributed by atoms with Gasteiger partial charge in [-0.25, -0.2) is 4.98 Å². The van der Waals surface area contributed by atoms with E-state index in [0.717, 1.165) is 25.0 Å². The lowest BCUT2D eigenvalue weighted by molar-refractivity contribution is 0.171. The third-order valence-corrected chi connectivity index (χ3v) is 3.83. The van der Waals surface area contributed by atoms with E-state index < -0.39 is 0 Å². The van der Waals surface area contributed by atoms with Gasteiger partial charge >= 0.3 is 0 Å². The van der Waals surface area contributed by atoms with Crippen molar-refractivity contribution in [2.75, 3.05) is 5.32 Å². The molecule has 1 unspecified atom stereocenters. The van der Waals surface area contributed by atoms with E-state index >= 15 is 0 Å². The number of nitrogens with one attached hydrogen (secondary N) is 1. The lowest BCUT2D eigenvalue weighted by atomic mass is 10.1. The standard InChI is InChI=1S/C14H17N3O/c15-8-10-6-7-11(9-4-5-9)16-14(10)17-12-2-1-3-13(12)18/h6-7,9,12-13,18H,1-5H2,(H,16,17)/t12-,13?/m0/s1. The molecule has 0 amide bonds. The van der Waals surface area contributed by atoms with Gasteiger partial charge in [-0.3, -0.25) is 0 Å². The molecule has 0 saturated heterocycles. The van der Waals surface area contributed by atoms with E-state index in [9.17, 15) is 5.11 Å². The predicted octanol–water partition coefficient (Wildman–Crippen LogP) is 2.16. The van der Waals surface area contributed by atoms with Crippen LogP contribution in [-0.4, -0.2) is 22.2 Å². The zero-order valence-electron chi connectivity index (χ0n) is 10.3. The summed E-state index contributed by atoms with van der Waals surface area (Å²) < 4.78 is 0. The largest absolute Gasteiger partial charge is 0.391 e. The molecule has 4 heteroatoms. The van der Waals surface area contributed by atoms with Crippen LogP contribution in [0, 0.1) is 11.3 Å². The van der Waals surface area contributed by atoms with Gasteiger partial charge in [-0.15, -0.1) is 0 Å². The quantitative estimate of drug-likeness (QED) is 0.853. The molecule has 1 aromatic rings. The fraction of sp³-hybridized carbons (Fsp3) is 0.571. The Hall–Kier alpha value is -1.60. The highest BCUT2D eigenvalue weighted by atomic mass is 16.3. The minimum absolute atomic E-state index is 0.0408. The van der Waals surface area contributed by atoms with Crippen LogP contribution in [0.5, 0.6) is 0 Å². The monoisotopic (exact) mass is 243 g/mol.